The van der Waals surface area contributed by atoms with Crippen molar-refractivity contribution in [1.82, 2.24) is 9.97 Å². The van der Waals surface area contributed by atoms with Gasteiger partial charge < -0.3 is 15.0 Å². The van der Waals surface area contributed by atoms with Crippen molar-refractivity contribution in [3.8, 4) is 0 Å². The first-order chi connectivity index (χ1) is 13.4. The molecule has 0 saturated heterocycles. The molecule has 0 radical (unpaired) electrons. The average Bonchev–Trinajstić information content (AvgIpc) is 2.67. The highest BCUT2D eigenvalue weighted by Crippen LogP contribution is 2.32. The maximum atomic E-state index is 12.6. The number of nitrogens with one attached hydrogen (secondary N) is 1. The third-order valence-corrected chi connectivity index (χ3v) is 4.98. The molecule has 1 aromatic carbocycles. The molecule has 3 rings (SSSR count). The molecule has 6 heteroatoms. The third kappa shape index (κ3) is 5.07. The van der Waals surface area contributed by atoms with Gasteiger partial charge in [-0.25, -0.2) is 9.97 Å². The summed E-state index contributed by atoms with van der Waals surface area (Å²) in [5.41, 5.74) is 3.84. The number of carbonyl (C=O) groups excluding carboxylic acids is 1. The molecule has 1 aliphatic carbocycles. The van der Waals surface area contributed by atoms with Gasteiger partial charge in [-0.2, -0.15) is 0 Å². The van der Waals surface area contributed by atoms with Crippen molar-refractivity contribution in [3.05, 3.63) is 47.3 Å². The quantitative estimate of drug-likeness (QED) is 0.703. The lowest BCUT2D eigenvalue weighted by Gasteiger charge is -2.24. The summed E-state index contributed by atoms with van der Waals surface area (Å²) >= 11 is 0. The van der Waals surface area contributed by atoms with Crippen molar-refractivity contribution in [1.29, 1.82) is 0 Å². The summed E-state index contributed by atoms with van der Waals surface area (Å²) in [6.07, 6.45) is 4.07. The standard InChI is InChI=1S/C22H30N4O2/c1-15(2)28-11-5-10-23-22-24-14-19-20(25-22)12-17(13-21(19)27)16-6-8-18(9-7-16)26(3)4/h6-9,14-15,17H,5,10-13H2,1-4H3,(H,23,24,25)/t17-/m1/s1. The zero-order valence-corrected chi connectivity index (χ0v) is 17.2. The van der Waals surface area contributed by atoms with Crippen molar-refractivity contribution in [2.75, 3.05) is 37.5 Å². The molecule has 0 aliphatic heterocycles. The Balaban J connectivity index is 1.65. The molecular formula is C22H30N4O2. The van der Waals surface area contributed by atoms with Crippen LogP contribution in [0.15, 0.2) is 30.5 Å². The Labute approximate surface area is 167 Å². The maximum Gasteiger partial charge on any atom is 0.222 e. The SMILES string of the molecule is CC(C)OCCCNc1ncc2c(n1)C[C@@H](c1ccc(N(C)C)cc1)CC2=O. The summed E-state index contributed by atoms with van der Waals surface area (Å²) in [6, 6.07) is 8.43. The Morgan fingerprint density at radius 1 is 1.21 bits per heavy atom. The number of anilines is 2. The Hall–Kier alpha value is -2.47. The number of hydrogen-bond acceptors (Lipinski definition) is 6. The lowest BCUT2D eigenvalue weighted by molar-refractivity contribution is 0.0787. The summed E-state index contributed by atoms with van der Waals surface area (Å²) in [5, 5.41) is 3.24. The van der Waals surface area contributed by atoms with Gasteiger partial charge in [-0.3, -0.25) is 4.79 Å². The molecule has 0 saturated carbocycles. The second-order valence-corrected chi connectivity index (χ2v) is 7.77. The average molecular weight is 383 g/mol. The minimum atomic E-state index is 0.125. The molecule has 1 heterocycles. The van der Waals surface area contributed by atoms with E-state index in [1.54, 1.807) is 6.20 Å². The molecule has 2 aromatic rings. The van der Waals surface area contributed by atoms with Crippen LogP contribution in [0.2, 0.25) is 0 Å². The minimum absolute atomic E-state index is 0.125. The van der Waals surface area contributed by atoms with E-state index in [-0.39, 0.29) is 17.8 Å². The zero-order chi connectivity index (χ0) is 20.1. The van der Waals surface area contributed by atoms with Crippen molar-refractivity contribution in [2.45, 2.75) is 45.1 Å². The first kappa shape index (κ1) is 20.3. The Morgan fingerprint density at radius 2 is 1.96 bits per heavy atom. The van der Waals surface area contributed by atoms with E-state index in [1.807, 2.05) is 27.9 Å². The van der Waals surface area contributed by atoms with Gasteiger partial charge in [0.05, 0.1) is 17.4 Å². The number of aromatic nitrogens is 2. The van der Waals surface area contributed by atoms with E-state index >= 15 is 0 Å². The van der Waals surface area contributed by atoms with Crippen LogP contribution in [0.4, 0.5) is 11.6 Å². The molecule has 1 aromatic heterocycles. The van der Waals surface area contributed by atoms with Crippen LogP contribution in [0, 0.1) is 0 Å². The number of rotatable bonds is 8. The number of carbonyl (C=O) groups is 1. The molecule has 150 valence electrons. The van der Waals surface area contributed by atoms with Crippen LogP contribution >= 0.6 is 0 Å². The number of benzene rings is 1. The summed E-state index contributed by atoms with van der Waals surface area (Å²) in [4.78, 5) is 23.6. The van der Waals surface area contributed by atoms with Crippen LogP contribution in [0.25, 0.3) is 0 Å². The van der Waals surface area contributed by atoms with Crippen LogP contribution in [0.5, 0.6) is 0 Å². The van der Waals surface area contributed by atoms with Gasteiger partial charge in [-0.15, -0.1) is 0 Å². The van der Waals surface area contributed by atoms with Crippen LogP contribution in [-0.4, -0.2) is 49.1 Å². The van der Waals surface area contributed by atoms with Gasteiger partial charge in [0.2, 0.25) is 5.95 Å². The number of nitrogens with zero attached hydrogens (tertiary/aromatic N) is 3. The van der Waals surface area contributed by atoms with E-state index in [9.17, 15) is 4.79 Å². The monoisotopic (exact) mass is 382 g/mol. The van der Waals surface area contributed by atoms with Gasteiger partial charge in [0.15, 0.2) is 5.78 Å². The molecule has 0 amide bonds. The van der Waals surface area contributed by atoms with Crippen LogP contribution < -0.4 is 10.2 Å². The summed E-state index contributed by atoms with van der Waals surface area (Å²) < 4.78 is 5.54. The van der Waals surface area contributed by atoms with Crippen LogP contribution in [-0.2, 0) is 11.2 Å². The highest BCUT2D eigenvalue weighted by molar-refractivity contribution is 5.98. The Bertz CT molecular complexity index is 803. The molecule has 0 spiro atoms. The Kier molecular flexibility index (Phi) is 6.62. The van der Waals surface area contributed by atoms with E-state index in [4.69, 9.17) is 4.74 Å². The van der Waals surface area contributed by atoms with Gasteiger partial charge in [-0.05, 0) is 50.3 Å². The second-order valence-electron chi connectivity index (χ2n) is 7.77. The van der Waals surface area contributed by atoms with E-state index < -0.39 is 0 Å². The first-order valence-corrected chi connectivity index (χ1v) is 9.96. The molecule has 1 aliphatic rings. The van der Waals surface area contributed by atoms with E-state index in [1.165, 1.54) is 5.56 Å². The zero-order valence-electron chi connectivity index (χ0n) is 17.2. The predicted octanol–water partition coefficient (Wildman–Crippen LogP) is 3.68. The maximum absolute atomic E-state index is 12.6. The summed E-state index contributed by atoms with van der Waals surface area (Å²) in [7, 11) is 4.05. The van der Waals surface area contributed by atoms with Gasteiger partial charge in [0.25, 0.3) is 0 Å². The van der Waals surface area contributed by atoms with Gasteiger partial charge in [-0.1, -0.05) is 12.1 Å². The molecule has 6 nitrogen and oxygen atoms in total. The second kappa shape index (κ2) is 9.15. The number of Topliss-reactive ketones (excluding diaryl/α,β-unsaturated/α-hetero) is 1. The molecule has 0 fully saturated rings. The highest BCUT2D eigenvalue weighted by atomic mass is 16.5. The topological polar surface area (TPSA) is 67.3 Å². The minimum Gasteiger partial charge on any atom is -0.379 e. The summed E-state index contributed by atoms with van der Waals surface area (Å²) in [5.74, 6) is 0.873. The van der Waals surface area contributed by atoms with Gasteiger partial charge >= 0.3 is 0 Å². The fourth-order valence-electron chi connectivity index (χ4n) is 3.40. The van der Waals surface area contributed by atoms with Crippen LogP contribution in [0.1, 0.15) is 54.2 Å². The predicted molar refractivity (Wildman–Crippen MR) is 112 cm³/mol. The third-order valence-electron chi connectivity index (χ3n) is 4.98. The normalized spacial score (nSPS) is 16.2. The number of hydrogen-bond donors (Lipinski definition) is 1. The van der Waals surface area contributed by atoms with Gasteiger partial charge in [0, 0.05) is 45.6 Å². The van der Waals surface area contributed by atoms with Crippen molar-refractivity contribution >= 4 is 17.4 Å². The number of ketones is 1. The lowest BCUT2D eigenvalue weighted by atomic mass is 9.82. The number of fused-ring (bicyclic) bond motifs is 1. The fraction of sp³-hybridized carbons (Fsp3) is 0.500. The highest BCUT2D eigenvalue weighted by Gasteiger charge is 2.28. The van der Waals surface area contributed by atoms with E-state index in [0.29, 0.717) is 24.5 Å². The Morgan fingerprint density at radius 3 is 2.64 bits per heavy atom. The molecule has 1 N–H and O–H groups in total. The smallest absolute Gasteiger partial charge is 0.222 e. The first-order valence-electron chi connectivity index (χ1n) is 9.96. The summed E-state index contributed by atoms with van der Waals surface area (Å²) in [6.45, 7) is 5.51. The van der Waals surface area contributed by atoms with Crippen molar-refractivity contribution < 1.29 is 9.53 Å². The molecule has 1 atom stereocenters. The van der Waals surface area contributed by atoms with Crippen LogP contribution in [0.3, 0.4) is 0 Å². The lowest BCUT2D eigenvalue weighted by Crippen LogP contribution is -2.21. The van der Waals surface area contributed by atoms with Crippen molar-refractivity contribution in [3.63, 3.8) is 0 Å². The van der Waals surface area contributed by atoms with Gasteiger partial charge in [0.1, 0.15) is 0 Å². The van der Waals surface area contributed by atoms with E-state index in [0.717, 1.165) is 30.8 Å². The van der Waals surface area contributed by atoms with Crippen molar-refractivity contribution in [2.24, 2.45) is 0 Å². The largest absolute Gasteiger partial charge is 0.379 e. The molecular weight excluding hydrogens is 352 g/mol. The molecule has 28 heavy (non-hydrogen) atoms. The van der Waals surface area contributed by atoms with E-state index in [2.05, 4.69) is 44.5 Å². The number of ether oxygens (including phenoxy) is 1. The fourth-order valence-corrected chi connectivity index (χ4v) is 3.40. The molecule has 0 unspecified atom stereocenters. The molecule has 0 bridgehead atoms.